The first kappa shape index (κ1) is 21.9. The van der Waals surface area contributed by atoms with Crippen molar-refractivity contribution in [2.45, 2.75) is 6.92 Å². The van der Waals surface area contributed by atoms with Crippen molar-refractivity contribution in [1.82, 2.24) is 10.2 Å². The molecule has 0 aromatic heterocycles. The summed E-state index contributed by atoms with van der Waals surface area (Å²) in [5.41, 5.74) is 0.256. The van der Waals surface area contributed by atoms with Gasteiger partial charge in [0, 0.05) is 6.54 Å². The molecule has 2 amide bonds. The highest BCUT2D eigenvalue weighted by molar-refractivity contribution is 7.80. The highest BCUT2D eigenvalue weighted by Gasteiger charge is 2.32. The van der Waals surface area contributed by atoms with E-state index in [9.17, 15) is 14.4 Å². The first-order valence-corrected chi connectivity index (χ1v) is 9.22. The molecule has 0 bridgehead atoms. The van der Waals surface area contributed by atoms with Crippen LogP contribution in [-0.4, -0.2) is 47.6 Å². The molecule has 1 aliphatic rings. The number of nitrogens with zero attached hydrogens (tertiary/aromatic N) is 1. The monoisotopic (exact) mass is 442 g/mol. The summed E-state index contributed by atoms with van der Waals surface area (Å²) in [6, 6.07) is 2.90. The zero-order chi connectivity index (χ0) is 20.8. The molecule has 1 saturated heterocycles. The second-order valence-corrected chi connectivity index (χ2v) is 6.63. The predicted octanol–water partition coefficient (Wildman–Crippen LogP) is 2.75. The molecular weight excluding hydrogens is 427 g/mol. The van der Waals surface area contributed by atoms with Gasteiger partial charge in [0.05, 0.1) is 16.7 Å². The van der Waals surface area contributed by atoms with Gasteiger partial charge in [0.15, 0.2) is 17.5 Å². The van der Waals surface area contributed by atoms with Crippen LogP contribution in [0.5, 0.6) is 5.75 Å². The number of benzene rings is 1. The number of halogens is 2. The maximum absolute atomic E-state index is 12.5. The number of hydrogen-bond donors (Lipinski definition) is 1. The van der Waals surface area contributed by atoms with E-state index in [0.29, 0.717) is 5.56 Å². The van der Waals surface area contributed by atoms with Gasteiger partial charge in [-0.1, -0.05) is 29.3 Å². The quantitative estimate of drug-likeness (QED) is 0.229. The van der Waals surface area contributed by atoms with Crippen LogP contribution in [0.1, 0.15) is 12.5 Å². The summed E-state index contributed by atoms with van der Waals surface area (Å²) in [4.78, 5) is 37.3. The van der Waals surface area contributed by atoms with Gasteiger partial charge in [-0.25, -0.2) is 4.79 Å². The van der Waals surface area contributed by atoms with E-state index in [1.165, 1.54) is 29.2 Å². The fourth-order valence-corrected chi connectivity index (χ4v) is 3.15. The largest absolute Gasteiger partial charge is 0.479 e. The van der Waals surface area contributed by atoms with Crippen molar-refractivity contribution >= 4 is 64.4 Å². The number of esters is 1. The van der Waals surface area contributed by atoms with Gasteiger partial charge in [0.25, 0.3) is 11.8 Å². The smallest absolute Gasteiger partial charge is 0.344 e. The fourth-order valence-electron chi connectivity index (χ4n) is 2.29. The van der Waals surface area contributed by atoms with Crippen LogP contribution in [-0.2, 0) is 19.1 Å². The normalized spacial score (nSPS) is 15.5. The number of carbonyl (C=O) groups is 3. The van der Waals surface area contributed by atoms with E-state index in [0.717, 1.165) is 0 Å². The van der Waals surface area contributed by atoms with Gasteiger partial charge in [0.2, 0.25) is 0 Å². The minimum absolute atomic E-state index is 0.00540. The van der Waals surface area contributed by atoms with Gasteiger partial charge in [-0.15, -0.1) is 6.58 Å². The average Bonchev–Trinajstić information content (AvgIpc) is 2.61. The Kier molecular flexibility index (Phi) is 7.56. The van der Waals surface area contributed by atoms with Crippen LogP contribution in [0.4, 0.5) is 0 Å². The second-order valence-electron chi connectivity index (χ2n) is 5.43. The van der Waals surface area contributed by atoms with Crippen LogP contribution in [0.3, 0.4) is 0 Å². The highest BCUT2D eigenvalue weighted by Crippen LogP contribution is 2.35. The SMILES string of the molecule is C=CCN1C(=O)/C(=C/c2cc(Cl)c(OCC(=O)OCC)c(Cl)c2)C(=O)NC1=S. The zero-order valence-electron chi connectivity index (χ0n) is 14.8. The van der Waals surface area contributed by atoms with Gasteiger partial charge >= 0.3 is 5.97 Å². The fraction of sp³-hybridized carbons (Fsp3) is 0.222. The molecule has 1 aliphatic heterocycles. The Hall–Kier alpha value is -2.42. The molecule has 10 heteroatoms. The van der Waals surface area contributed by atoms with Crippen LogP contribution < -0.4 is 10.1 Å². The molecule has 148 valence electrons. The molecule has 1 fully saturated rings. The van der Waals surface area contributed by atoms with Crippen molar-refractivity contribution in [1.29, 1.82) is 0 Å². The number of ether oxygens (including phenoxy) is 2. The Morgan fingerprint density at radius 1 is 1.32 bits per heavy atom. The van der Waals surface area contributed by atoms with Gasteiger partial charge in [-0.2, -0.15) is 0 Å². The first-order valence-electron chi connectivity index (χ1n) is 8.05. The van der Waals surface area contributed by atoms with Crippen molar-refractivity contribution in [3.63, 3.8) is 0 Å². The molecule has 0 radical (unpaired) electrons. The predicted molar refractivity (Wildman–Crippen MR) is 109 cm³/mol. The van der Waals surface area contributed by atoms with E-state index in [-0.39, 0.29) is 46.2 Å². The number of hydrogen-bond acceptors (Lipinski definition) is 6. The van der Waals surface area contributed by atoms with Crippen molar-refractivity contribution in [3.05, 3.63) is 46.0 Å². The van der Waals surface area contributed by atoms with Crippen LogP contribution in [0.2, 0.25) is 10.0 Å². The van der Waals surface area contributed by atoms with E-state index in [2.05, 4.69) is 11.9 Å². The summed E-state index contributed by atoms with van der Waals surface area (Å²) >= 11 is 17.3. The van der Waals surface area contributed by atoms with E-state index in [1.54, 1.807) is 6.92 Å². The number of nitrogens with one attached hydrogen (secondary N) is 1. The Morgan fingerprint density at radius 3 is 2.54 bits per heavy atom. The maximum Gasteiger partial charge on any atom is 0.344 e. The standard InChI is InChI=1S/C18H16Cl2N2O5S/c1-3-5-22-17(25)11(16(24)21-18(22)28)6-10-7-12(19)15(13(20)8-10)27-9-14(23)26-4-2/h3,6-8H,1,4-5,9H2,2H3,(H,21,24,28)/b11-6+. The van der Waals surface area contributed by atoms with Gasteiger partial charge in [-0.3, -0.25) is 19.8 Å². The molecule has 0 aliphatic carbocycles. The molecule has 0 saturated carbocycles. The Bertz CT molecular complexity index is 862. The highest BCUT2D eigenvalue weighted by atomic mass is 35.5. The molecule has 7 nitrogen and oxygen atoms in total. The summed E-state index contributed by atoms with van der Waals surface area (Å²) in [6.07, 6.45) is 2.82. The Balaban J connectivity index is 2.29. The van der Waals surface area contributed by atoms with E-state index in [1.807, 2.05) is 0 Å². The van der Waals surface area contributed by atoms with Crippen LogP contribution in [0.15, 0.2) is 30.4 Å². The zero-order valence-corrected chi connectivity index (χ0v) is 17.1. The number of thiocarbonyl (C=S) groups is 1. The lowest BCUT2D eigenvalue weighted by atomic mass is 10.1. The lowest BCUT2D eigenvalue weighted by Gasteiger charge is -2.27. The molecule has 1 aromatic rings. The molecule has 0 spiro atoms. The van der Waals surface area contributed by atoms with Gasteiger partial charge in [0.1, 0.15) is 5.57 Å². The van der Waals surface area contributed by atoms with Crippen molar-refractivity contribution < 1.29 is 23.9 Å². The number of rotatable bonds is 7. The average molecular weight is 443 g/mol. The van der Waals surface area contributed by atoms with Crippen molar-refractivity contribution in [3.8, 4) is 5.75 Å². The maximum atomic E-state index is 12.5. The topological polar surface area (TPSA) is 84.9 Å². The summed E-state index contributed by atoms with van der Waals surface area (Å²) < 4.78 is 10.1. The van der Waals surface area contributed by atoms with Crippen molar-refractivity contribution in [2.75, 3.05) is 19.8 Å². The van der Waals surface area contributed by atoms with Crippen LogP contribution >= 0.6 is 35.4 Å². The van der Waals surface area contributed by atoms with E-state index < -0.39 is 17.8 Å². The minimum atomic E-state index is -0.634. The third-order valence-electron chi connectivity index (χ3n) is 3.47. The summed E-state index contributed by atoms with van der Waals surface area (Å²) in [7, 11) is 0. The number of carbonyl (C=O) groups excluding carboxylic acids is 3. The first-order chi connectivity index (χ1) is 13.3. The summed E-state index contributed by atoms with van der Waals surface area (Å²) in [5.74, 6) is -1.68. The minimum Gasteiger partial charge on any atom is -0.479 e. The van der Waals surface area contributed by atoms with E-state index in [4.69, 9.17) is 44.9 Å². The molecule has 28 heavy (non-hydrogen) atoms. The van der Waals surface area contributed by atoms with Gasteiger partial charge < -0.3 is 9.47 Å². The van der Waals surface area contributed by atoms with E-state index >= 15 is 0 Å². The third-order valence-corrected chi connectivity index (χ3v) is 4.35. The molecule has 1 heterocycles. The molecule has 1 aromatic carbocycles. The van der Waals surface area contributed by atoms with Crippen LogP contribution in [0, 0.1) is 0 Å². The number of amides is 2. The molecule has 2 rings (SSSR count). The molecule has 0 atom stereocenters. The lowest BCUT2D eigenvalue weighted by molar-refractivity contribution is -0.145. The second kappa shape index (κ2) is 9.68. The summed E-state index contributed by atoms with van der Waals surface area (Å²) in [5, 5.41) is 2.65. The Morgan fingerprint density at radius 2 is 1.96 bits per heavy atom. The lowest BCUT2D eigenvalue weighted by Crippen LogP contribution is -2.53. The van der Waals surface area contributed by atoms with Gasteiger partial charge in [-0.05, 0) is 42.9 Å². The third kappa shape index (κ3) is 5.09. The molecular formula is C18H16Cl2N2O5S. The molecule has 0 unspecified atom stereocenters. The van der Waals surface area contributed by atoms with Crippen molar-refractivity contribution in [2.24, 2.45) is 0 Å². The summed E-state index contributed by atoms with van der Waals surface area (Å²) in [6.45, 7) is 5.24. The Labute approximate surface area is 176 Å². The van der Waals surface area contributed by atoms with Crippen LogP contribution in [0.25, 0.3) is 6.08 Å². The molecule has 1 N–H and O–H groups in total.